The first-order chi connectivity index (χ1) is 5.84. The maximum absolute atomic E-state index is 5.25. The largest absolute Gasteiger partial charge is 0.405 e. The van der Waals surface area contributed by atoms with E-state index in [1.165, 1.54) is 11.1 Å². The number of aryl methyl sites for hydroxylation is 1. The van der Waals surface area contributed by atoms with Gasteiger partial charge >= 0.3 is 0 Å². The molecule has 0 aliphatic carbocycles. The molecular weight excluding hydrogens is 146 g/mol. The van der Waals surface area contributed by atoms with Gasteiger partial charge in [0.2, 0.25) is 0 Å². The average Bonchev–Trinajstić information content (AvgIpc) is 2.13. The predicted octanol–water partition coefficient (Wildman–Crippen LogP) is 2.95. The molecule has 0 aliphatic rings. The van der Waals surface area contributed by atoms with Gasteiger partial charge < -0.3 is 5.73 Å². The van der Waals surface area contributed by atoms with Crippen LogP contribution in [-0.2, 0) is 0 Å². The summed E-state index contributed by atoms with van der Waals surface area (Å²) < 4.78 is 0. The highest BCUT2D eigenvalue weighted by Crippen LogP contribution is 2.07. The summed E-state index contributed by atoms with van der Waals surface area (Å²) in [5.74, 6) is 0. The van der Waals surface area contributed by atoms with Crippen LogP contribution in [-0.4, -0.2) is 0 Å². The Kier molecular flexibility index (Phi) is 5.80. The van der Waals surface area contributed by atoms with Gasteiger partial charge in [-0.05, 0) is 30.3 Å². The molecule has 0 saturated carbocycles. The Morgan fingerprint density at radius 3 is 2.25 bits per heavy atom. The minimum atomic E-state index is 1.19. The smallest absolute Gasteiger partial charge is 0.00563 e. The highest BCUT2D eigenvalue weighted by Gasteiger charge is 1.88. The second kappa shape index (κ2) is 6.47. The van der Waals surface area contributed by atoms with Crippen molar-refractivity contribution < 1.29 is 0 Å². The zero-order chi connectivity index (χ0) is 9.40. The van der Waals surface area contributed by atoms with Crippen LogP contribution in [0.25, 0.3) is 6.08 Å². The number of hydrogen-bond acceptors (Lipinski definition) is 1. The summed E-state index contributed by atoms with van der Waals surface area (Å²) in [7, 11) is 0. The van der Waals surface area contributed by atoms with E-state index in [2.05, 4.69) is 13.0 Å². The van der Waals surface area contributed by atoms with Crippen molar-refractivity contribution in [2.75, 3.05) is 0 Å². The van der Waals surface area contributed by atoms with Gasteiger partial charge in [0.15, 0.2) is 0 Å². The second-order valence-corrected chi connectivity index (χ2v) is 2.22. The molecule has 2 N–H and O–H groups in total. The Hall–Kier alpha value is -1.24. The van der Waals surface area contributed by atoms with E-state index in [0.29, 0.717) is 0 Å². The van der Waals surface area contributed by atoms with Crippen molar-refractivity contribution in [2.24, 2.45) is 5.73 Å². The van der Waals surface area contributed by atoms with Gasteiger partial charge in [0.1, 0.15) is 0 Å². The molecule has 66 valence electrons. The number of rotatable bonds is 1. The molecule has 0 aromatic heterocycles. The second-order valence-electron chi connectivity index (χ2n) is 2.22. The molecule has 0 fully saturated rings. The Balaban J connectivity index is 0.000000561. The molecule has 0 unspecified atom stereocenters. The molecule has 0 saturated heterocycles. The fourth-order valence-electron chi connectivity index (χ4n) is 0.877. The molecule has 0 bridgehead atoms. The summed E-state index contributed by atoms with van der Waals surface area (Å²) in [5, 5.41) is 0. The Morgan fingerprint density at radius 1 is 1.17 bits per heavy atom. The summed E-state index contributed by atoms with van der Waals surface area (Å²) in [5.41, 5.74) is 7.69. The van der Waals surface area contributed by atoms with Crippen molar-refractivity contribution in [2.45, 2.75) is 20.8 Å². The molecule has 1 nitrogen and oxygen atoms in total. The minimum Gasteiger partial charge on any atom is -0.405 e. The van der Waals surface area contributed by atoms with Gasteiger partial charge in [0, 0.05) is 0 Å². The molecule has 12 heavy (non-hydrogen) atoms. The molecule has 1 rings (SSSR count). The fraction of sp³-hybridized carbons (Fsp3) is 0.273. The van der Waals surface area contributed by atoms with Crippen molar-refractivity contribution in [3.63, 3.8) is 0 Å². The van der Waals surface area contributed by atoms with E-state index in [9.17, 15) is 0 Å². The first kappa shape index (κ1) is 10.8. The number of benzene rings is 1. The van der Waals surface area contributed by atoms with Gasteiger partial charge in [0.05, 0.1) is 0 Å². The molecule has 0 spiro atoms. The van der Waals surface area contributed by atoms with E-state index in [1.54, 1.807) is 6.20 Å². The normalized spacial score (nSPS) is 9.25. The third kappa shape index (κ3) is 3.24. The van der Waals surface area contributed by atoms with Gasteiger partial charge in [-0.25, -0.2) is 0 Å². The highest BCUT2D eigenvalue weighted by molar-refractivity contribution is 5.52. The van der Waals surface area contributed by atoms with Crippen molar-refractivity contribution in [1.82, 2.24) is 0 Å². The van der Waals surface area contributed by atoms with Gasteiger partial charge in [-0.2, -0.15) is 0 Å². The molecule has 1 heteroatoms. The average molecular weight is 163 g/mol. The molecule has 1 aromatic carbocycles. The van der Waals surface area contributed by atoms with E-state index in [1.807, 2.05) is 38.1 Å². The molecule has 0 amide bonds. The van der Waals surface area contributed by atoms with Crippen LogP contribution in [0, 0.1) is 6.92 Å². The Bertz CT molecular complexity index is 239. The van der Waals surface area contributed by atoms with Crippen molar-refractivity contribution in [1.29, 1.82) is 0 Å². The van der Waals surface area contributed by atoms with E-state index in [4.69, 9.17) is 5.73 Å². The predicted molar refractivity (Wildman–Crippen MR) is 55.7 cm³/mol. The number of hydrogen-bond donors (Lipinski definition) is 1. The van der Waals surface area contributed by atoms with Crippen molar-refractivity contribution in [3.05, 3.63) is 41.6 Å². The lowest BCUT2D eigenvalue weighted by molar-refractivity contribution is 1.44. The SMILES string of the molecule is CC.Cc1ccccc1/C=C\N. The van der Waals surface area contributed by atoms with E-state index >= 15 is 0 Å². The summed E-state index contributed by atoms with van der Waals surface area (Å²) in [4.78, 5) is 0. The lowest BCUT2D eigenvalue weighted by Gasteiger charge is -1.96. The summed E-state index contributed by atoms with van der Waals surface area (Å²) >= 11 is 0. The van der Waals surface area contributed by atoms with Crippen LogP contribution >= 0.6 is 0 Å². The topological polar surface area (TPSA) is 26.0 Å². The van der Waals surface area contributed by atoms with Crippen LogP contribution < -0.4 is 5.73 Å². The van der Waals surface area contributed by atoms with Gasteiger partial charge in [-0.1, -0.05) is 38.1 Å². The minimum absolute atomic E-state index is 1.19. The van der Waals surface area contributed by atoms with E-state index < -0.39 is 0 Å². The van der Waals surface area contributed by atoms with Gasteiger partial charge in [-0.15, -0.1) is 0 Å². The third-order valence-corrected chi connectivity index (χ3v) is 1.46. The molecule has 0 atom stereocenters. The Morgan fingerprint density at radius 2 is 1.75 bits per heavy atom. The Labute approximate surface area is 74.9 Å². The fourth-order valence-corrected chi connectivity index (χ4v) is 0.877. The standard InChI is InChI=1S/C9H11N.C2H6/c1-8-4-2-3-5-9(8)6-7-10;1-2/h2-7H,10H2,1H3;1-2H3/b7-6-;. The van der Waals surface area contributed by atoms with Crippen molar-refractivity contribution >= 4 is 6.08 Å². The maximum atomic E-state index is 5.25. The van der Waals surface area contributed by atoms with Gasteiger partial charge in [0.25, 0.3) is 0 Å². The highest BCUT2D eigenvalue weighted by atomic mass is 14.5. The zero-order valence-electron chi connectivity index (χ0n) is 8.04. The van der Waals surface area contributed by atoms with Crippen LogP contribution in [0.15, 0.2) is 30.5 Å². The van der Waals surface area contributed by atoms with E-state index in [-0.39, 0.29) is 0 Å². The maximum Gasteiger partial charge on any atom is -0.00563 e. The molecule has 0 heterocycles. The summed E-state index contributed by atoms with van der Waals surface area (Å²) in [6, 6.07) is 8.12. The number of nitrogens with two attached hydrogens (primary N) is 1. The summed E-state index contributed by atoms with van der Waals surface area (Å²) in [6.07, 6.45) is 3.46. The van der Waals surface area contributed by atoms with Crippen LogP contribution in [0.5, 0.6) is 0 Å². The van der Waals surface area contributed by atoms with Crippen LogP contribution in [0.3, 0.4) is 0 Å². The lowest BCUT2D eigenvalue weighted by Crippen LogP contribution is -1.80. The quantitative estimate of drug-likeness (QED) is 0.676. The zero-order valence-corrected chi connectivity index (χ0v) is 8.04. The van der Waals surface area contributed by atoms with Crippen LogP contribution in [0.4, 0.5) is 0 Å². The van der Waals surface area contributed by atoms with Crippen LogP contribution in [0.2, 0.25) is 0 Å². The summed E-state index contributed by atoms with van der Waals surface area (Å²) in [6.45, 7) is 6.06. The third-order valence-electron chi connectivity index (χ3n) is 1.46. The first-order valence-electron chi connectivity index (χ1n) is 4.28. The van der Waals surface area contributed by atoms with Crippen molar-refractivity contribution in [3.8, 4) is 0 Å². The first-order valence-corrected chi connectivity index (χ1v) is 4.28. The molecule has 1 aromatic rings. The monoisotopic (exact) mass is 163 g/mol. The van der Waals surface area contributed by atoms with Crippen LogP contribution in [0.1, 0.15) is 25.0 Å². The molecule has 0 radical (unpaired) electrons. The van der Waals surface area contributed by atoms with E-state index in [0.717, 1.165) is 0 Å². The molecular formula is C11H17N. The lowest BCUT2D eigenvalue weighted by atomic mass is 10.1. The molecule has 0 aliphatic heterocycles. The van der Waals surface area contributed by atoms with Gasteiger partial charge in [-0.3, -0.25) is 0 Å².